The number of hydrogen-bond donors (Lipinski definition) is 2. The molecule has 0 saturated carbocycles. The number of aryl methyl sites for hydroxylation is 1. The molecule has 146 valence electrons. The molecule has 2 N–H and O–H groups in total. The number of ketones is 1. The number of carbonyl (C=O) groups is 2. The Kier molecular flexibility index (Phi) is 4.68. The molecule has 1 aliphatic rings. The predicted molar refractivity (Wildman–Crippen MR) is 105 cm³/mol. The van der Waals surface area contributed by atoms with Gasteiger partial charge in [-0.15, -0.1) is 0 Å². The molecule has 0 fully saturated rings. The van der Waals surface area contributed by atoms with E-state index in [4.69, 9.17) is 4.42 Å². The zero-order valence-corrected chi connectivity index (χ0v) is 15.7. The number of aromatic hydroxyl groups is 1. The van der Waals surface area contributed by atoms with Crippen LogP contribution in [0.25, 0.3) is 0 Å². The summed E-state index contributed by atoms with van der Waals surface area (Å²) in [5.41, 5.74) is 1.30. The van der Waals surface area contributed by atoms with Crippen LogP contribution in [0.15, 0.2) is 82.5 Å². The van der Waals surface area contributed by atoms with Crippen molar-refractivity contribution in [2.24, 2.45) is 0 Å². The van der Waals surface area contributed by atoms with Gasteiger partial charge in [0.25, 0.3) is 5.91 Å². The van der Waals surface area contributed by atoms with Gasteiger partial charge in [0.1, 0.15) is 11.5 Å². The van der Waals surface area contributed by atoms with E-state index in [2.05, 4.69) is 0 Å². The third-order valence-electron chi connectivity index (χ3n) is 4.89. The molecule has 0 bridgehead atoms. The van der Waals surface area contributed by atoms with Crippen LogP contribution >= 0.6 is 0 Å². The topological polar surface area (TPSA) is 91.0 Å². The number of nitrogens with zero attached hydrogens (tertiary/aromatic N) is 1. The summed E-state index contributed by atoms with van der Waals surface area (Å²) in [4.78, 5) is 27.5. The van der Waals surface area contributed by atoms with E-state index in [1.165, 1.54) is 23.1 Å². The Bertz CT molecular complexity index is 1110. The summed E-state index contributed by atoms with van der Waals surface area (Å²) in [7, 11) is 0. The molecule has 3 aromatic rings. The highest BCUT2D eigenvalue weighted by molar-refractivity contribution is 6.15. The fourth-order valence-corrected chi connectivity index (χ4v) is 3.56. The molecule has 0 spiro atoms. The summed E-state index contributed by atoms with van der Waals surface area (Å²) in [6.45, 7) is 1.90. The monoisotopic (exact) mass is 389 g/mol. The number of rotatable bonds is 5. The summed E-state index contributed by atoms with van der Waals surface area (Å²) in [6.07, 6.45) is 0. The first-order valence-corrected chi connectivity index (χ1v) is 9.14. The second-order valence-corrected chi connectivity index (χ2v) is 6.92. The third kappa shape index (κ3) is 3.40. The van der Waals surface area contributed by atoms with E-state index in [0.717, 1.165) is 5.56 Å². The highest BCUT2D eigenvalue weighted by Gasteiger charge is 2.44. The lowest BCUT2D eigenvalue weighted by Crippen LogP contribution is -2.30. The molecule has 1 amide bonds. The van der Waals surface area contributed by atoms with E-state index in [-0.39, 0.29) is 23.6 Å². The standard InChI is InChI=1S/C23H19NO5/c1-14-10-11-18(29-14)21(26)19-20(16-8-5-9-17(25)12-16)24(23(28)22(19)27)13-15-6-3-2-4-7-15/h2-12,20,25,27H,13H2,1H3. The average molecular weight is 389 g/mol. The van der Waals surface area contributed by atoms with Crippen molar-refractivity contribution >= 4 is 11.7 Å². The summed E-state index contributed by atoms with van der Waals surface area (Å²) >= 11 is 0. The Labute approximate surface area is 167 Å². The Morgan fingerprint density at radius 1 is 1.03 bits per heavy atom. The summed E-state index contributed by atoms with van der Waals surface area (Å²) in [6, 6.07) is 17.9. The second kappa shape index (κ2) is 7.31. The van der Waals surface area contributed by atoms with Crippen LogP contribution in [0.5, 0.6) is 5.75 Å². The Hall–Kier alpha value is -3.80. The SMILES string of the molecule is Cc1ccc(C(=O)C2=C(O)C(=O)N(Cc3ccccc3)C2c2cccc(O)c2)o1. The van der Waals surface area contributed by atoms with Crippen LogP contribution in [0.4, 0.5) is 0 Å². The molecule has 29 heavy (non-hydrogen) atoms. The van der Waals surface area contributed by atoms with Crippen molar-refractivity contribution in [3.63, 3.8) is 0 Å². The van der Waals surface area contributed by atoms with Crippen LogP contribution in [0.3, 0.4) is 0 Å². The molecule has 6 nitrogen and oxygen atoms in total. The van der Waals surface area contributed by atoms with Crippen LogP contribution in [-0.4, -0.2) is 26.8 Å². The minimum absolute atomic E-state index is 0.00152. The van der Waals surface area contributed by atoms with Gasteiger partial charge in [0.05, 0.1) is 11.6 Å². The number of aliphatic hydroxyl groups is 1. The number of Topliss-reactive ketones (excluding diaryl/α,β-unsaturated/α-hetero) is 1. The molecule has 2 heterocycles. The molecule has 0 saturated heterocycles. The van der Waals surface area contributed by atoms with E-state index in [1.807, 2.05) is 30.3 Å². The van der Waals surface area contributed by atoms with Crippen molar-refractivity contribution in [1.29, 1.82) is 0 Å². The highest BCUT2D eigenvalue weighted by atomic mass is 16.3. The molecule has 2 aromatic carbocycles. The molecule has 1 unspecified atom stereocenters. The Morgan fingerprint density at radius 2 is 1.79 bits per heavy atom. The third-order valence-corrected chi connectivity index (χ3v) is 4.89. The van der Waals surface area contributed by atoms with Gasteiger partial charge in [-0.05, 0) is 42.3 Å². The normalized spacial score (nSPS) is 16.5. The van der Waals surface area contributed by atoms with Gasteiger partial charge in [-0.2, -0.15) is 0 Å². The van der Waals surface area contributed by atoms with Gasteiger partial charge in [0, 0.05) is 6.54 Å². The smallest absolute Gasteiger partial charge is 0.290 e. The van der Waals surface area contributed by atoms with Crippen molar-refractivity contribution in [2.45, 2.75) is 19.5 Å². The lowest BCUT2D eigenvalue weighted by Gasteiger charge is -2.27. The lowest BCUT2D eigenvalue weighted by atomic mass is 9.94. The summed E-state index contributed by atoms with van der Waals surface area (Å²) in [5, 5.41) is 20.5. The molecule has 0 radical (unpaired) electrons. The van der Waals surface area contributed by atoms with Crippen LogP contribution < -0.4 is 0 Å². The zero-order chi connectivity index (χ0) is 20.5. The fourth-order valence-electron chi connectivity index (χ4n) is 3.56. The largest absolute Gasteiger partial charge is 0.508 e. The summed E-state index contributed by atoms with van der Waals surface area (Å²) < 4.78 is 5.43. The van der Waals surface area contributed by atoms with E-state index in [1.54, 1.807) is 25.1 Å². The van der Waals surface area contributed by atoms with E-state index in [0.29, 0.717) is 11.3 Å². The number of hydrogen-bond acceptors (Lipinski definition) is 5. The molecular weight excluding hydrogens is 370 g/mol. The van der Waals surface area contributed by atoms with Crippen molar-refractivity contribution in [3.8, 4) is 5.75 Å². The van der Waals surface area contributed by atoms with Gasteiger partial charge in [-0.1, -0.05) is 42.5 Å². The Balaban J connectivity index is 1.81. The molecule has 0 aliphatic carbocycles. The molecule has 1 aromatic heterocycles. The summed E-state index contributed by atoms with van der Waals surface area (Å²) in [5.74, 6) is -1.21. The fraction of sp³-hybridized carbons (Fsp3) is 0.130. The molecule has 1 atom stereocenters. The van der Waals surface area contributed by atoms with Gasteiger partial charge in [0.15, 0.2) is 11.5 Å². The van der Waals surface area contributed by atoms with Crippen molar-refractivity contribution < 1.29 is 24.2 Å². The Morgan fingerprint density at radius 3 is 2.45 bits per heavy atom. The van der Waals surface area contributed by atoms with E-state index < -0.39 is 23.5 Å². The number of phenolic OH excluding ortho intramolecular Hbond substituents is 1. The van der Waals surface area contributed by atoms with Crippen LogP contribution in [0.1, 0.15) is 33.5 Å². The first kappa shape index (κ1) is 18.6. The number of carbonyl (C=O) groups excluding carboxylic acids is 2. The minimum atomic E-state index is -0.854. The highest BCUT2D eigenvalue weighted by Crippen LogP contribution is 2.40. The average Bonchev–Trinajstić information content (AvgIpc) is 3.25. The molecular formula is C23H19NO5. The number of phenols is 1. The quantitative estimate of drug-likeness (QED) is 0.642. The number of benzene rings is 2. The maximum absolute atomic E-state index is 13.1. The molecule has 4 rings (SSSR count). The first-order valence-electron chi connectivity index (χ1n) is 9.14. The van der Waals surface area contributed by atoms with E-state index in [9.17, 15) is 19.8 Å². The molecule has 6 heteroatoms. The van der Waals surface area contributed by atoms with Gasteiger partial charge in [-0.3, -0.25) is 9.59 Å². The van der Waals surface area contributed by atoms with Crippen molar-refractivity contribution in [3.05, 3.63) is 101 Å². The zero-order valence-electron chi connectivity index (χ0n) is 15.7. The number of furan rings is 1. The lowest BCUT2D eigenvalue weighted by molar-refractivity contribution is -0.130. The number of aliphatic hydroxyl groups excluding tert-OH is 1. The van der Waals surface area contributed by atoms with Gasteiger partial charge in [-0.25, -0.2) is 0 Å². The maximum Gasteiger partial charge on any atom is 0.290 e. The van der Waals surface area contributed by atoms with Crippen molar-refractivity contribution in [1.82, 2.24) is 4.90 Å². The van der Waals surface area contributed by atoms with E-state index >= 15 is 0 Å². The molecule has 1 aliphatic heterocycles. The van der Waals surface area contributed by atoms with Gasteiger partial charge >= 0.3 is 0 Å². The van der Waals surface area contributed by atoms with Gasteiger partial charge in [0.2, 0.25) is 5.78 Å². The predicted octanol–water partition coefficient (Wildman–Crippen LogP) is 4.07. The van der Waals surface area contributed by atoms with Crippen LogP contribution in [0.2, 0.25) is 0 Å². The van der Waals surface area contributed by atoms with Crippen LogP contribution in [-0.2, 0) is 11.3 Å². The minimum Gasteiger partial charge on any atom is -0.508 e. The maximum atomic E-state index is 13.1. The first-order chi connectivity index (χ1) is 14.0. The number of amides is 1. The van der Waals surface area contributed by atoms with Crippen molar-refractivity contribution in [2.75, 3.05) is 0 Å². The van der Waals surface area contributed by atoms with Crippen LogP contribution in [0, 0.1) is 6.92 Å². The van der Waals surface area contributed by atoms with Gasteiger partial charge < -0.3 is 19.5 Å². The second-order valence-electron chi connectivity index (χ2n) is 6.92.